The number of nitriles is 1. The van der Waals surface area contributed by atoms with E-state index in [1.54, 1.807) is 25.2 Å². The molecule has 0 radical (unpaired) electrons. The van der Waals surface area contributed by atoms with Gasteiger partial charge in [-0.2, -0.15) is 10.4 Å². The fraction of sp³-hybridized carbons (Fsp3) is 0.321. The monoisotopic (exact) mass is 499 g/mol. The largest absolute Gasteiger partial charge is 0.493 e. The van der Waals surface area contributed by atoms with E-state index in [0.29, 0.717) is 23.0 Å². The van der Waals surface area contributed by atoms with Gasteiger partial charge in [0.15, 0.2) is 11.5 Å². The number of para-hydroxylation sites is 1. The normalized spacial score (nSPS) is 17.9. The molecule has 37 heavy (non-hydrogen) atoms. The van der Waals surface area contributed by atoms with Gasteiger partial charge in [0.2, 0.25) is 11.8 Å². The number of ether oxygens (including phenoxy) is 3. The Balaban J connectivity index is 1.66. The number of likely N-dealkylation sites (N-methyl/N-ethyl adjacent to an activating group) is 1. The molecule has 190 valence electrons. The lowest BCUT2D eigenvalue weighted by atomic mass is 9.84. The topological polar surface area (TPSA) is 89.3 Å². The Morgan fingerprint density at radius 3 is 2.51 bits per heavy atom. The molecule has 2 aliphatic heterocycles. The van der Waals surface area contributed by atoms with Crippen LogP contribution in [0.4, 0.5) is 0 Å². The number of benzene rings is 2. The Labute approximate surface area is 216 Å². The summed E-state index contributed by atoms with van der Waals surface area (Å²) in [6.45, 7) is 5.81. The van der Waals surface area contributed by atoms with Crippen LogP contribution in [0.15, 0.2) is 65.0 Å². The molecule has 9 nitrogen and oxygen atoms in total. The Morgan fingerprint density at radius 2 is 1.84 bits per heavy atom. The summed E-state index contributed by atoms with van der Waals surface area (Å²) in [6.07, 6.45) is 1.80. The van der Waals surface area contributed by atoms with E-state index in [1.165, 1.54) is 4.90 Å². The van der Waals surface area contributed by atoms with Gasteiger partial charge in [-0.25, -0.2) is 9.67 Å². The summed E-state index contributed by atoms with van der Waals surface area (Å²) >= 11 is 0. The number of hydrogen-bond donors (Lipinski definition) is 1. The van der Waals surface area contributed by atoms with Crippen molar-refractivity contribution in [1.29, 1.82) is 5.26 Å². The van der Waals surface area contributed by atoms with Gasteiger partial charge < -0.3 is 24.0 Å². The van der Waals surface area contributed by atoms with E-state index in [1.807, 2.05) is 55.5 Å². The van der Waals surface area contributed by atoms with Crippen LogP contribution >= 0.6 is 0 Å². The third kappa shape index (κ3) is 4.63. The average Bonchev–Trinajstić information content (AvgIpc) is 3.27. The van der Waals surface area contributed by atoms with E-state index in [2.05, 4.69) is 18.0 Å². The lowest BCUT2D eigenvalue weighted by molar-refractivity contribution is -0.883. The Hall–Kier alpha value is -4.29. The van der Waals surface area contributed by atoms with Crippen molar-refractivity contribution < 1.29 is 19.1 Å². The predicted molar refractivity (Wildman–Crippen MR) is 140 cm³/mol. The maximum Gasteiger partial charge on any atom is 0.237 e. The predicted octanol–water partition coefficient (Wildman–Crippen LogP) is 2.32. The first kappa shape index (κ1) is 24.4. The number of rotatable bonds is 6. The van der Waals surface area contributed by atoms with Gasteiger partial charge in [-0.15, -0.1) is 0 Å². The van der Waals surface area contributed by atoms with Crippen LogP contribution in [0.3, 0.4) is 0 Å². The molecule has 1 atom stereocenters. The highest BCUT2D eigenvalue weighted by molar-refractivity contribution is 5.62. The van der Waals surface area contributed by atoms with Crippen LogP contribution in [-0.2, 0) is 0 Å². The molecule has 0 saturated carbocycles. The number of methoxy groups -OCH3 is 2. The molecular formula is C28H31N6O3+. The van der Waals surface area contributed by atoms with Crippen LogP contribution in [0.1, 0.15) is 22.7 Å². The van der Waals surface area contributed by atoms with Crippen molar-refractivity contribution in [3.05, 3.63) is 76.8 Å². The molecule has 0 bridgehead atoms. The number of hydrogen-bond acceptors (Lipinski definition) is 6. The summed E-state index contributed by atoms with van der Waals surface area (Å²) in [7, 11) is 5.40. The number of aryl methyl sites for hydroxylation is 1. The number of nitrogens with zero attached hydrogens (tertiary/aromatic N) is 5. The highest BCUT2D eigenvalue weighted by Gasteiger charge is 2.37. The first-order valence-corrected chi connectivity index (χ1v) is 12.3. The summed E-state index contributed by atoms with van der Waals surface area (Å²) in [4.78, 5) is 8.37. The highest BCUT2D eigenvalue weighted by Crippen LogP contribution is 2.47. The minimum atomic E-state index is -0.435. The van der Waals surface area contributed by atoms with Crippen molar-refractivity contribution in [2.24, 2.45) is 4.99 Å². The molecule has 0 aliphatic carbocycles. The molecule has 0 unspecified atom stereocenters. The molecule has 1 aromatic heterocycles. The molecule has 3 heterocycles. The Bertz CT molecular complexity index is 1380. The number of quaternary nitrogens is 1. The highest BCUT2D eigenvalue weighted by atomic mass is 16.5. The van der Waals surface area contributed by atoms with E-state index in [0.717, 1.165) is 48.7 Å². The number of aromatic nitrogens is 2. The summed E-state index contributed by atoms with van der Waals surface area (Å²) in [6, 6.07) is 17.9. The standard InChI is InChI=1S/C28H30N6O3/c1-19-25-26(20-10-11-23(35-3)24(16-20)36-4)22(17-29)27(30-18-33-14-12-32(2)13-15-33)37-28(25)34(31-19)21-8-6-5-7-9-21/h5-11,16,18,26H,12-15H2,1-4H3/p+1/t26-/m1/s1. The first-order valence-electron chi connectivity index (χ1n) is 12.3. The molecule has 1 saturated heterocycles. The number of aliphatic imine (C=N–C) groups is 1. The second-order valence-electron chi connectivity index (χ2n) is 9.27. The van der Waals surface area contributed by atoms with E-state index >= 15 is 0 Å². The van der Waals surface area contributed by atoms with Crippen LogP contribution in [0, 0.1) is 18.3 Å². The van der Waals surface area contributed by atoms with Crippen molar-refractivity contribution in [2.75, 3.05) is 47.4 Å². The van der Waals surface area contributed by atoms with Gasteiger partial charge in [-0.1, -0.05) is 24.3 Å². The zero-order valence-corrected chi connectivity index (χ0v) is 21.6. The first-order chi connectivity index (χ1) is 18.0. The van der Waals surface area contributed by atoms with E-state index < -0.39 is 5.92 Å². The van der Waals surface area contributed by atoms with Crippen molar-refractivity contribution in [3.8, 4) is 29.1 Å². The fourth-order valence-electron chi connectivity index (χ4n) is 4.84. The second kappa shape index (κ2) is 10.4. The van der Waals surface area contributed by atoms with E-state index in [-0.39, 0.29) is 5.88 Å². The van der Waals surface area contributed by atoms with Crippen molar-refractivity contribution >= 4 is 6.34 Å². The zero-order valence-electron chi connectivity index (χ0n) is 21.6. The molecule has 9 heteroatoms. The third-order valence-corrected chi connectivity index (χ3v) is 6.92. The smallest absolute Gasteiger partial charge is 0.237 e. The zero-order chi connectivity index (χ0) is 25.9. The lowest BCUT2D eigenvalue weighted by Crippen LogP contribution is -3.11. The van der Waals surface area contributed by atoms with Crippen LogP contribution in [0.5, 0.6) is 17.4 Å². The minimum Gasteiger partial charge on any atom is -0.493 e. The molecule has 3 aromatic rings. The summed E-state index contributed by atoms with van der Waals surface area (Å²) in [5.41, 5.74) is 3.76. The molecule has 2 aromatic carbocycles. The maximum atomic E-state index is 10.4. The van der Waals surface area contributed by atoms with Crippen molar-refractivity contribution in [1.82, 2.24) is 14.7 Å². The van der Waals surface area contributed by atoms with Gasteiger partial charge in [0.05, 0.1) is 76.6 Å². The molecular weight excluding hydrogens is 468 g/mol. The van der Waals surface area contributed by atoms with Crippen molar-refractivity contribution in [3.63, 3.8) is 0 Å². The summed E-state index contributed by atoms with van der Waals surface area (Å²) < 4.78 is 19.2. The molecule has 1 N–H and O–H groups in total. The van der Waals surface area contributed by atoms with Gasteiger partial charge >= 0.3 is 0 Å². The quantitative estimate of drug-likeness (QED) is 0.414. The molecule has 1 fully saturated rings. The lowest BCUT2D eigenvalue weighted by Gasteiger charge is -2.29. The Kier molecular flexibility index (Phi) is 6.84. The summed E-state index contributed by atoms with van der Waals surface area (Å²) in [5, 5.41) is 15.2. The fourth-order valence-corrected chi connectivity index (χ4v) is 4.84. The SMILES string of the molecule is COc1ccc([C@@H]2C(C#N)=C(N=CN3CC[NH+](C)CC3)Oc3c2c(C)nn3-c2ccccc2)cc1OC. The minimum absolute atomic E-state index is 0.276. The third-order valence-electron chi connectivity index (χ3n) is 6.92. The van der Waals surface area contributed by atoms with Gasteiger partial charge in [-0.3, -0.25) is 0 Å². The van der Waals surface area contributed by atoms with Crippen LogP contribution < -0.4 is 19.1 Å². The average molecular weight is 500 g/mol. The van der Waals surface area contributed by atoms with Gasteiger partial charge in [0.25, 0.3) is 0 Å². The van der Waals surface area contributed by atoms with E-state index in [4.69, 9.17) is 24.3 Å². The Morgan fingerprint density at radius 1 is 1.11 bits per heavy atom. The number of piperazine rings is 1. The summed E-state index contributed by atoms with van der Waals surface area (Å²) in [5.74, 6) is 1.60. The molecule has 2 aliphatic rings. The van der Waals surface area contributed by atoms with Crippen LogP contribution in [-0.4, -0.2) is 68.5 Å². The number of allylic oxidation sites excluding steroid dienone is 1. The molecule has 0 spiro atoms. The maximum absolute atomic E-state index is 10.4. The van der Waals surface area contributed by atoms with Crippen molar-refractivity contribution in [2.45, 2.75) is 12.8 Å². The van der Waals surface area contributed by atoms with Crippen LogP contribution in [0.25, 0.3) is 5.69 Å². The second-order valence-corrected chi connectivity index (χ2v) is 9.27. The van der Waals surface area contributed by atoms with Gasteiger partial charge in [0.1, 0.15) is 11.6 Å². The molecule has 0 amide bonds. The van der Waals surface area contributed by atoms with Gasteiger partial charge in [-0.05, 0) is 36.8 Å². The van der Waals surface area contributed by atoms with E-state index in [9.17, 15) is 5.26 Å². The number of fused-ring (bicyclic) bond motifs is 1. The molecule has 5 rings (SSSR count). The van der Waals surface area contributed by atoms with Crippen LogP contribution in [0.2, 0.25) is 0 Å². The van der Waals surface area contributed by atoms with Gasteiger partial charge in [0, 0.05) is 0 Å². The number of nitrogens with one attached hydrogen (secondary N) is 1.